The van der Waals surface area contributed by atoms with E-state index in [2.05, 4.69) is 0 Å². The van der Waals surface area contributed by atoms with Crippen LogP contribution in [0.15, 0.2) is 35.6 Å². The molecule has 1 unspecified atom stereocenters. The van der Waals surface area contributed by atoms with Gasteiger partial charge < -0.3 is 24.1 Å². The van der Waals surface area contributed by atoms with Gasteiger partial charge in [-0.05, 0) is 74.6 Å². The summed E-state index contributed by atoms with van der Waals surface area (Å²) in [7, 11) is 4.52. The van der Waals surface area contributed by atoms with Crippen molar-refractivity contribution in [3.05, 3.63) is 46.7 Å². The summed E-state index contributed by atoms with van der Waals surface area (Å²) in [4.78, 5) is 27.6. The van der Waals surface area contributed by atoms with Crippen molar-refractivity contribution in [2.45, 2.75) is 44.8 Å². The molecular weight excluding hydrogens is 414 g/mol. The first-order valence-electron chi connectivity index (χ1n) is 10.5. The molecule has 0 aromatic heterocycles. The van der Waals surface area contributed by atoms with E-state index in [9.17, 15) is 14.7 Å². The lowest BCUT2D eigenvalue weighted by Gasteiger charge is -2.49. The molecule has 0 radical (unpaired) electrons. The van der Waals surface area contributed by atoms with E-state index in [1.54, 1.807) is 38.9 Å². The number of ether oxygens (including phenoxy) is 4. The summed E-state index contributed by atoms with van der Waals surface area (Å²) in [6.45, 7) is 5.54. The van der Waals surface area contributed by atoms with E-state index in [0.29, 0.717) is 30.0 Å². The van der Waals surface area contributed by atoms with Gasteiger partial charge in [0, 0.05) is 13.2 Å². The Morgan fingerprint density at radius 2 is 1.78 bits per heavy atom. The molecular formula is C24H31NO7. The van der Waals surface area contributed by atoms with Crippen LogP contribution in [0.4, 0.5) is 4.79 Å². The van der Waals surface area contributed by atoms with Crippen molar-refractivity contribution in [1.82, 2.24) is 4.90 Å². The van der Waals surface area contributed by atoms with E-state index in [1.807, 2.05) is 12.1 Å². The third-order valence-electron chi connectivity index (χ3n) is 5.64. The number of nitrogens with zero attached hydrogens (tertiary/aromatic N) is 1. The van der Waals surface area contributed by atoms with Gasteiger partial charge in [0.15, 0.2) is 17.3 Å². The Labute approximate surface area is 188 Å². The first-order chi connectivity index (χ1) is 15.1. The third-order valence-corrected chi connectivity index (χ3v) is 5.64. The fraction of sp³-hybridized carbons (Fsp3) is 0.500. The number of hydrogen-bond donors (Lipinski definition) is 1. The van der Waals surface area contributed by atoms with Crippen molar-refractivity contribution in [2.75, 3.05) is 34.5 Å². The predicted octanol–water partition coefficient (Wildman–Crippen LogP) is 3.11. The number of hydrogen-bond acceptors (Lipinski definition) is 7. The summed E-state index contributed by atoms with van der Waals surface area (Å²) in [6.07, 6.45) is 3.30. The minimum absolute atomic E-state index is 0.114. The standard InChI is InChI=1S/C24H31NO7/c1-23(2,3)32-22(28)25-9-7-15-11-19(29-4)20(30-5)13-17(15)24(25)14-21(31-6)18(27)12-16(24)8-10-26/h11-14,26H,7-10H2,1-6H3. The highest BCUT2D eigenvalue weighted by atomic mass is 16.6. The maximum atomic E-state index is 13.4. The minimum atomic E-state index is -1.18. The molecule has 1 N–H and O–H groups in total. The third kappa shape index (κ3) is 4.07. The smallest absolute Gasteiger partial charge is 0.411 e. The van der Waals surface area contributed by atoms with Gasteiger partial charge in [0.1, 0.15) is 11.1 Å². The molecule has 1 aliphatic heterocycles. The molecule has 0 saturated heterocycles. The molecule has 1 atom stereocenters. The fourth-order valence-corrected chi connectivity index (χ4v) is 4.33. The van der Waals surface area contributed by atoms with Gasteiger partial charge in [-0.25, -0.2) is 4.79 Å². The van der Waals surface area contributed by atoms with Crippen LogP contribution in [-0.2, 0) is 26.2 Å². The lowest BCUT2D eigenvalue weighted by Crippen LogP contribution is -2.56. The van der Waals surface area contributed by atoms with Crippen LogP contribution in [0.3, 0.4) is 0 Å². The monoisotopic (exact) mass is 445 g/mol. The van der Waals surface area contributed by atoms with Crippen LogP contribution in [0.2, 0.25) is 0 Å². The Morgan fingerprint density at radius 1 is 1.12 bits per heavy atom. The van der Waals surface area contributed by atoms with E-state index < -0.39 is 17.2 Å². The number of carbonyl (C=O) groups is 2. The van der Waals surface area contributed by atoms with E-state index >= 15 is 0 Å². The first kappa shape index (κ1) is 23.7. The van der Waals surface area contributed by atoms with Crippen LogP contribution >= 0.6 is 0 Å². The van der Waals surface area contributed by atoms with Crippen molar-refractivity contribution in [2.24, 2.45) is 0 Å². The van der Waals surface area contributed by atoms with E-state index in [-0.39, 0.29) is 24.6 Å². The number of fused-ring (bicyclic) bond motifs is 2. The molecule has 1 aliphatic carbocycles. The summed E-state index contributed by atoms with van der Waals surface area (Å²) < 4.78 is 22.1. The van der Waals surface area contributed by atoms with Gasteiger partial charge in [0.2, 0.25) is 5.78 Å². The van der Waals surface area contributed by atoms with Crippen molar-refractivity contribution in [1.29, 1.82) is 0 Å². The van der Waals surface area contributed by atoms with E-state index in [1.165, 1.54) is 20.3 Å². The zero-order valence-corrected chi connectivity index (χ0v) is 19.5. The average Bonchev–Trinajstić information content (AvgIpc) is 2.74. The van der Waals surface area contributed by atoms with Gasteiger partial charge in [-0.15, -0.1) is 0 Å². The molecule has 1 aromatic rings. The minimum Gasteiger partial charge on any atom is -0.493 e. The van der Waals surface area contributed by atoms with Crippen molar-refractivity contribution < 1.29 is 33.6 Å². The molecule has 0 bridgehead atoms. The highest BCUT2D eigenvalue weighted by Gasteiger charge is 2.50. The normalized spacial score (nSPS) is 20.3. The van der Waals surface area contributed by atoms with Crippen molar-refractivity contribution in [3.63, 3.8) is 0 Å². The summed E-state index contributed by atoms with van der Waals surface area (Å²) in [5, 5.41) is 9.80. The van der Waals surface area contributed by atoms with E-state index in [4.69, 9.17) is 18.9 Å². The van der Waals surface area contributed by atoms with Crippen LogP contribution in [0.1, 0.15) is 38.3 Å². The number of allylic oxidation sites excluding steroid dienone is 1. The van der Waals surface area contributed by atoms with Gasteiger partial charge in [-0.1, -0.05) is 0 Å². The number of benzene rings is 1. The zero-order chi connectivity index (χ0) is 23.7. The molecule has 0 fully saturated rings. The molecule has 3 rings (SSSR count). The van der Waals surface area contributed by atoms with Gasteiger partial charge in [-0.3, -0.25) is 9.69 Å². The topological polar surface area (TPSA) is 94.5 Å². The SMILES string of the molecule is COC1=CC2(C(CCO)=CC1=O)c1cc(OC)c(OC)cc1CCN2C(=O)OC(C)(C)C. The quantitative estimate of drug-likeness (QED) is 0.744. The number of aliphatic hydroxyl groups excluding tert-OH is 1. The lowest BCUT2D eigenvalue weighted by molar-refractivity contribution is -0.114. The van der Waals surface area contributed by atoms with Crippen LogP contribution in [0.5, 0.6) is 11.5 Å². The van der Waals surface area contributed by atoms with Crippen LogP contribution in [-0.4, -0.2) is 62.0 Å². The Kier molecular flexibility index (Phi) is 6.55. The van der Waals surface area contributed by atoms with E-state index in [0.717, 1.165) is 11.1 Å². The van der Waals surface area contributed by atoms with Gasteiger partial charge >= 0.3 is 6.09 Å². The number of aliphatic hydroxyl groups is 1. The maximum Gasteiger partial charge on any atom is 0.411 e. The second-order valence-corrected chi connectivity index (χ2v) is 8.73. The Morgan fingerprint density at radius 3 is 2.34 bits per heavy atom. The highest BCUT2D eigenvalue weighted by Crippen LogP contribution is 2.49. The summed E-state index contributed by atoms with van der Waals surface area (Å²) >= 11 is 0. The fourth-order valence-electron chi connectivity index (χ4n) is 4.33. The largest absolute Gasteiger partial charge is 0.493 e. The molecule has 2 aliphatic rings. The van der Waals surface area contributed by atoms with Gasteiger partial charge in [0.05, 0.1) is 21.3 Å². The Hall–Kier alpha value is -3.00. The number of amides is 1. The Bertz CT molecular complexity index is 973. The number of ketones is 1. The Balaban J connectivity index is 2.33. The average molecular weight is 446 g/mol. The second-order valence-electron chi connectivity index (χ2n) is 8.73. The predicted molar refractivity (Wildman–Crippen MR) is 118 cm³/mol. The molecule has 0 saturated carbocycles. The molecule has 32 heavy (non-hydrogen) atoms. The zero-order valence-electron chi connectivity index (χ0n) is 19.5. The molecule has 174 valence electrons. The number of methoxy groups -OCH3 is 3. The van der Waals surface area contributed by atoms with Crippen molar-refractivity contribution in [3.8, 4) is 11.5 Å². The number of rotatable bonds is 5. The van der Waals surface area contributed by atoms with Crippen LogP contribution < -0.4 is 9.47 Å². The van der Waals surface area contributed by atoms with Crippen LogP contribution in [0, 0.1) is 0 Å². The molecule has 8 nitrogen and oxygen atoms in total. The van der Waals surface area contributed by atoms with Crippen molar-refractivity contribution >= 4 is 11.9 Å². The molecule has 1 amide bonds. The summed E-state index contributed by atoms with van der Waals surface area (Å²) in [5.74, 6) is 0.855. The summed E-state index contributed by atoms with van der Waals surface area (Å²) in [5.41, 5.74) is 0.360. The molecule has 1 heterocycles. The first-order valence-corrected chi connectivity index (χ1v) is 10.5. The lowest BCUT2D eigenvalue weighted by atomic mass is 9.71. The molecule has 1 spiro atoms. The van der Waals surface area contributed by atoms with Gasteiger partial charge in [0.25, 0.3) is 0 Å². The number of carbonyl (C=O) groups excluding carboxylic acids is 2. The maximum absolute atomic E-state index is 13.4. The molecule has 1 aromatic carbocycles. The van der Waals surface area contributed by atoms with Crippen LogP contribution in [0.25, 0.3) is 0 Å². The molecule has 8 heteroatoms. The van der Waals surface area contributed by atoms with Gasteiger partial charge in [-0.2, -0.15) is 0 Å². The second kappa shape index (κ2) is 8.86. The summed E-state index contributed by atoms with van der Waals surface area (Å²) in [6, 6.07) is 3.70. The highest BCUT2D eigenvalue weighted by molar-refractivity contribution is 6.05.